The molecule has 1 aliphatic heterocycles. The van der Waals surface area contributed by atoms with Gasteiger partial charge in [-0.3, -0.25) is 0 Å². The van der Waals surface area contributed by atoms with Crippen LogP contribution < -0.4 is 10.6 Å². The minimum absolute atomic E-state index is 0.263. The molecule has 7 heteroatoms. The van der Waals surface area contributed by atoms with Crippen molar-refractivity contribution in [1.82, 2.24) is 4.31 Å². The topological polar surface area (TPSA) is 66.6 Å². The summed E-state index contributed by atoms with van der Waals surface area (Å²) in [7, 11) is -3.15. The first-order valence-electron chi connectivity index (χ1n) is 6.96. The van der Waals surface area contributed by atoms with Gasteiger partial charge >= 0.3 is 0 Å². The van der Waals surface area contributed by atoms with E-state index in [0.717, 1.165) is 11.3 Å². The van der Waals surface area contributed by atoms with Gasteiger partial charge in [-0.2, -0.15) is 4.31 Å². The molecule has 0 aliphatic carbocycles. The molecule has 2 N–H and O–H groups in total. The van der Waals surface area contributed by atoms with Gasteiger partial charge in [0.15, 0.2) is 0 Å². The van der Waals surface area contributed by atoms with Crippen molar-refractivity contribution in [1.29, 1.82) is 0 Å². The van der Waals surface area contributed by atoms with Crippen molar-refractivity contribution in [3.63, 3.8) is 0 Å². The summed E-state index contributed by atoms with van der Waals surface area (Å²) < 4.78 is 38.3. The second kappa shape index (κ2) is 5.90. The van der Waals surface area contributed by atoms with Crippen molar-refractivity contribution in [2.24, 2.45) is 5.73 Å². The van der Waals surface area contributed by atoms with E-state index in [4.69, 9.17) is 5.73 Å². The Morgan fingerprint density at radius 2 is 1.81 bits per heavy atom. The second-order valence-corrected chi connectivity index (χ2v) is 7.58. The summed E-state index contributed by atoms with van der Waals surface area (Å²) in [4.78, 5) is 2.08. The van der Waals surface area contributed by atoms with Gasteiger partial charge < -0.3 is 10.6 Å². The van der Waals surface area contributed by atoms with Crippen molar-refractivity contribution in [3.05, 3.63) is 29.1 Å². The van der Waals surface area contributed by atoms with Crippen LogP contribution in [-0.2, 0) is 10.0 Å². The van der Waals surface area contributed by atoms with Crippen LogP contribution in [0, 0.1) is 12.7 Å². The molecule has 5 nitrogen and oxygen atoms in total. The first kappa shape index (κ1) is 16.2. The zero-order chi connectivity index (χ0) is 15.8. The Morgan fingerprint density at radius 3 is 2.29 bits per heavy atom. The number of sulfonamides is 1. The maximum absolute atomic E-state index is 13.7. The summed E-state index contributed by atoms with van der Waals surface area (Å²) in [5.41, 5.74) is 8.16. The van der Waals surface area contributed by atoms with E-state index in [2.05, 4.69) is 4.90 Å². The SMILES string of the molecule is Cc1cc(N2CCN(S(C)(=O)=O)CC2)c(C(C)N)cc1F. The number of hydrogen-bond donors (Lipinski definition) is 1. The van der Waals surface area contributed by atoms with Crippen molar-refractivity contribution in [2.75, 3.05) is 37.3 Å². The van der Waals surface area contributed by atoms with Crippen LogP contribution in [0.2, 0.25) is 0 Å². The first-order chi connectivity index (χ1) is 9.70. The highest BCUT2D eigenvalue weighted by Crippen LogP contribution is 2.29. The minimum Gasteiger partial charge on any atom is -0.369 e. The summed E-state index contributed by atoms with van der Waals surface area (Å²) in [6, 6.07) is 3.01. The fraction of sp³-hybridized carbons (Fsp3) is 0.571. The summed E-state index contributed by atoms with van der Waals surface area (Å²) >= 11 is 0. The van der Waals surface area contributed by atoms with Gasteiger partial charge in [0.1, 0.15) is 5.82 Å². The molecule has 0 bridgehead atoms. The molecule has 0 amide bonds. The van der Waals surface area contributed by atoms with Crippen molar-refractivity contribution < 1.29 is 12.8 Å². The molecule has 1 aromatic rings. The van der Waals surface area contributed by atoms with Gasteiger partial charge in [-0.25, -0.2) is 12.8 Å². The Hall–Kier alpha value is -1.18. The summed E-state index contributed by atoms with van der Waals surface area (Å²) in [6.45, 7) is 5.58. The molecule has 1 heterocycles. The number of anilines is 1. The van der Waals surface area contributed by atoms with E-state index in [-0.39, 0.29) is 11.9 Å². The lowest BCUT2D eigenvalue weighted by Gasteiger charge is -2.36. The van der Waals surface area contributed by atoms with Crippen molar-refractivity contribution >= 4 is 15.7 Å². The van der Waals surface area contributed by atoms with Gasteiger partial charge in [-0.1, -0.05) is 0 Å². The van der Waals surface area contributed by atoms with Crippen LogP contribution >= 0.6 is 0 Å². The quantitative estimate of drug-likeness (QED) is 0.911. The summed E-state index contributed by atoms with van der Waals surface area (Å²) in [5.74, 6) is -0.263. The fourth-order valence-corrected chi connectivity index (χ4v) is 3.41. The number of rotatable bonds is 3. The van der Waals surface area contributed by atoms with E-state index in [1.165, 1.54) is 16.6 Å². The summed E-state index contributed by atoms with van der Waals surface area (Å²) in [5, 5.41) is 0. The highest BCUT2D eigenvalue weighted by atomic mass is 32.2. The Balaban J connectivity index is 2.26. The van der Waals surface area contributed by atoms with E-state index in [9.17, 15) is 12.8 Å². The molecule has 1 unspecified atom stereocenters. The maximum atomic E-state index is 13.7. The monoisotopic (exact) mass is 315 g/mol. The molecule has 1 saturated heterocycles. The Labute approximate surface area is 125 Å². The molecular formula is C14H22FN3O2S. The molecule has 0 radical (unpaired) electrons. The Kier molecular flexibility index (Phi) is 4.55. The molecule has 0 aromatic heterocycles. The van der Waals surface area contributed by atoms with Crippen LogP contribution in [0.3, 0.4) is 0 Å². The highest BCUT2D eigenvalue weighted by molar-refractivity contribution is 7.88. The van der Waals surface area contributed by atoms with Gasteiger partial charge in [-0.05, 0) is 37.1 Å². The molecule has 21 heavy (non-hydrogen) atoms. The molecule has 1 aromatic carbocycles. The fourth-order valence-electron chi connectivity index (χ4n) is 2.58. The van der Waals surface area contributed by atoms with E-state index in [1.807, 2.05) is 6.92 Å². The molecular weight excluding hydrogens is 293 g/mol. The van der Waals surface area contributed by atoms with E-state index < -0.39 is 10.0 Å². The normalized spacial score (nSPS) is 18.8. The third-order valence-electron chi connectivity index (χ3n) is 3.85. The van der Waals surface area contributed by atoms with E-state index >= 15 is 0 Å². The average Bonchev–Trinajstić information content (AvgIpc) is 2.40. The van der Waals surface area contributed by atoms with Crippen molar-refractivity contribution in [2.45, 2.75) is 19.9 Å². The molecule has 1 fully saturated rings. The van der Waals surface area contributed by atoms with Gasteiger partial charge in [0.05, 0.1) is 6.26 Å². The van der Waals surface area contributed by atoms with Crippen LogP contribution in [0.15, 0.2) is 12.1 Å². The number of hydrogen-bond acceptors (Lipinski definition) is 4. The largest absolute Gasteiger partial charge is 0.369 e. The Morgan fingerprint density at radius 1 is 1.24 bits per heavy atom. The highest BCUT2D eigenvalue weighted by Gasteiger charge is 2.25. The number of piperazine rings is 1. The molecule has 1 aliphatic rings. The molecule has 1 atom stereocenters. The molecule has 2 rings (SSSR count). The first-order valence-corrected chi connectivity index (χ1v) is 8.80. The van der Waals surface area contributed by atoms with Gasteiger partial charge in [-0.15, -0.1) is 0 Å². The second-order valence-electron chi connectivity index (χ2n) is 5.60. The number of benzene rings is 1. The summed E-state index contributed by atoms with van der Waals surface area (Å²) in [6.07, 6.45) is 1.22. The lowest BCUT2D eigenvalue weighted by Crippen LogP contribution is -2.48. The van der Waals surface area contributed by atoms with Crippen molar-refractivity contribution in [3.8, 4) is 0 Å². The van der Waals surface area contributed by atoms with Crippen LogP contribution in [0.5, 0.6) is 0 Å². The predicted octanol–water partition coefficient (Wildman–Crippen LogP) is 1.24. The number of aryl methyl sites for hydroxylation is 1. The smallest absolute Gasteiger partial charge is 0.211 e. The lowest BCUT2D eigenvalue weighted by atomic mass is 10.0. The third-order valence-corrected chi connectivity index (χ3v) is 5.15. The molecule has 0 saturated carbocycles. The van der Waals surface area contributed by atoms with Gasteiger partial charge in [0, 0.05) is 37.9 Å². The number of nitrogens with two attached hydrogens (primary N) is 1. The van der Waals surface area contributed by atoms with Gasteiger partial charge in [0.2, 0.25) is 10.0 Å². The molecule has 118 valence electrons. The van der Waals surface area contributed by atoms with E-state index in [1.54, 1.807) is 13.0 Å². The Bertz CT molecular complexity index is 623. The number of nitrogens with zero attached hydrogens (tertiary/aromatic N) is 2. The minimum atomic E-state index is -3.15. The van der Waals surface area contributed by atoms with Crippen LogP contribution in [0.4, 0.5) is 10.1 Å². The third kappa shape index (κ3) is 3.53. The standard InChI is InChI=1S/C14H22FN3O2S/c1-10-8-14(12(11(2)16)9-13(10)15)17-4-6-18(7-5-17)21(3,19)20/h8-9,11H,4-7,16H2,1-3H3. The van der Waals surface area contributed by atoms with Crippen LogP contribution in [0.25, 0.3) is 0 Å². The zero-order valence-corrected chi connectivity index (χ0v) is 13.5. The van der Waals surface area contributed by atoms with E-state index in [0.29, 0.717) is 31.7 Å². The maximum Gasteiger partial charge on any atom is 0.211 e. The predicted molar refractivity (Wildman–Crippen MR) is 82.4 cm³/mol. The zero-order valence-electron chi connectivity index (χ0n) is 12.6. The number of halogens is 1. The molecule has 0 spiro atoms. The lowest BCUT2D eigenvalue weighted by molar-refractivity contribution is 0.387. The van der Waals surface area contributed by atoms with Crippen LogP contribution in [-0.4, -0.2) is 45.2 Å². The average molecular weight is 315 g/mol. The van der Waals surface area contributed by atoms with Crippen LogP contribution in [0.1, 0.15) is 24.1 Å². The van der Waals surface area contributed by atoms with Gasteiger partial charge in [0.25, 0.3) is 0 Å².